The summed E-state index contributed by atoms with van der Waals surface area (Å²) < 4.78 is -8.46. The van der Waals surface area contributed by atoms with Gasteiger partial charge in [0.05, 0.1) is 10.8 Å². The Morgan fingerprint density at radius 2 is 0.478 bits per heavy atom. The van der Waals surface area contributed by atoms with Gasteiger partial charge in [-0.25, -0.2) is 0 Å². The molecule has 0 unspecified atom stereocenters. The number of alkyl halides is 12. The molecule has 0 nitrogen and oxygen atoms in total. The second-order valence-corrected chi connectivity index (χ2v) is 15.0. The van der Waals surface area contributed by atoms with E-state index < -0.39 is 31.4 Å². The fourth-order valence-electron chi connectivity index (χ4n) is 2.24. The van der Waals surface area contributed by atoms with Crippen LogP contribution in [0, 0.1) is 16.2 Å². The minimum Gasteiger partial charge on any atom is -0.0829 e. The van der Waals surface area contributed by atoms with Gasteiger partial charge in [-0.05, 0) is 5.41 Å². The molecule has 23 heavy (non-hydrogen) atoms. The fourth-order valence-corrected chi connectivity index (χ4v) is 7.64. The third kappa shape index (κ3) is 4.25. The van der Waals surface area contributed by atoms with Crippen molar-refractivity contribution in [2.75, 3.05) is 0 Å². The van der Waals surface area contributed by atoms with Gasteiger partial charge < -0.3 is 0 Å². The summed E-state index contributed by atoms with van der Waals surface area (Å²) in [6.07, 6.45) is 0. The molecule has 0 amide bonds. The van der Waals surface area contributed by atoms with Crippen LogP contribution in [0.3, 0.4) is 0 Å². The summed E-state index contributed by atoms with van der Waals surface area (Å²) in [5.41, 5.74) is -4.93. The van der Waals surface area contributed by atoms with Gasteiger partial charge in [-0.3, -0.25) is 0 Å². The lowest BCUT2D eigenvalue weighted by atomic mass is 9.55. The van der Waals surface area contributed by atoms with E-state index in [0.29, 0.717) is 0 Å². The molecule has 0 spiro atoms. The number of hydrogen-bond donors (Lipinski definition) is 0. The second kappa shape index (κ2) is 7.38. The Balaban J connectivity index is 6.94. The maximum atomic E-state index is 6.13. The fraction of sp³-hybridized carbons (Fsp3) is 1.00. The molecular weight excluding hydrogens is 558 g/mol. The molecule has 0 atom stereocenters. The van der Waals surface area contributed by atoms with Gasteiger partial charge in [-0.2, -0.15) is 0 Å². The van der Waals surface area contributed by atoms with E-state index in [0.717, 1.165) is 0 Å². The van der Waals surface area contributed by atoms with Gasteiger partial charge in [0.2, 0.25) is 15.2 Å². The van der Waals surface area contributed by atoms with Crippen LogP contribution in [-0.4, -0.2) is 15.2 Å². The van der Waals surface area contributed by atoms with Crippen molar-refractivity contribution in [1.82, 2.24) is 0 Å². The lowest BCUT2D eigenvalue weighted by Crippen LogP contribution is -2.66. The minimum atomic E-state index is -2.12. The van der Waals surface area contributed by atoms with Crippen LogP contribution in [0.4, 0.5) is 0 Å². The molecule has 0 radical (unpaired) electrons. The average Bonchev–Trinajstić information content (AvgIpc) is 2.19. The van der Waals surface area contributed by atoms with Gasteiger partial charge >= 0.3 is 0 Å². The van der Waals surface area contributed by atoms with E-state index in [1.54, 1.807) is 0 Å². The van der Waals surface area contributed by atoms with Crippen LogP contribution in [-0.2, 0) is 0 Å². The first-order valence-corrected chi connectivity index (χ1v) is 10.3. The van der Waals surface area contributed by atoms with Gasteiger partial charge in [0, 0.05) is 0 Å². The molecule has 0 bridgehead atoms. The molecule has 12 heteroatoms. The Labute approximate surface area is 196 Å². The van der Waals surface area contributed by atoms with Crippen molar-refractivity contribution in [2.45, 2.75) is 42.9 Å². The molecule has 0 rings (SSSR count). The highest BCUT2D eigenvalue weighted by Gasteiger charge is 2.76. The Hall–Kier alpha value is 3.48. The zero-order valence-electron chi connectivity index (χ0n) is 12.0. The predicted molar refractivity (Wildman–Crippen MR) is 111 cm³/mol. The molecule has 140 valence electrons. The van der Waals surface area contributed by atoms with Gasteiger partial charge in [0.15, 0.2) is 0 Å². The summed E-state index contributed by atoms with van der Waals surface area (Å²) in [6, 6.07) is 0. The van der Waals surface area contributed by atoms with E-state index in [4.69, 9.17) is 139 Å². The molecule has 0 aromatic carbocycles. The Bertz CT molecular complexity index is 362. The monoisotopic (exact) mass is 564 g/mol. The molecule has 0 heterocycles. The van der Waals surface area contributed by atoms with Crippen molar-refractivity contribution in [3.05, 3.63) is 0 Å². The summed E-state index contributed by atoms with van der Waals surface area (Å²) in [7, 11) is 0. The van der Waals surface area contributed by atoms with E-state index in [1.807, 2.05) is 0 Å². The second-order valence-electron chi connectivity index (χ2n) is 5.87. The summed E-state index contributed by atoms with van der Waals surface area (Å²) >= 11 is 73.6. The van der Waals surface area contributed by atoms with Gasteiger partial charge in [0.25, 0.3) is 0 Å². The van der Waals surface area contributed by atoms with Crippen LogP contribution >= 0.6 is 139 Å². The van der Waals surface area contributed by atoms with Crippen molar-refractivity contribution in [1.29, 1.82) is 0 Å². The molecule has 0 saturated carbocycles. The first kappa shape index (κ1) is 26.5. The molecule has 0 saturated heterocycles. The van der Waals surface area contributed by atoms with Crippen LogP contribution in [0.5, 0.6) is 0 Å². The van der Waals surface area contributed by atoms with Gasteiger partial charge in [0.1, 0.15) is 0 Å². The Kier molecular flexibility index (Phi) is 8.50. The third-order valence-electron chi connectivity index (χ3n) is 4.77. The van der Waals surface area contributed by atoms with Crippen LogP contribution in [0.15, 0.2) is 0 Å². The van der Waals surface area contributed by atoms with E-state index in [2.05, 4.69) is 0 Å². The number of halogens is 12. The first-order chi connectivity index (χ1) is 9.50. The first-order valence-electron chi connectivity index (χ1n) is 5.77. The lowest BCUT2D eigenvalue weighted by Gasteiger charge is -2.62. The minimum absolute atomic E-state index is 1.40. The normalized spacial score (nSPS) is 16.7. The molecule has 0 fully saturated rings. The Morgan fingerprint density at radius 3 is 0.565 bits per heavy atom. The van der Waals surface area contributed by atoms with Gasteiger partial charge in [-0.1, -0.05) is 167 Å². The molecule has 0 aromatic rings. The summed E-state index contributed by atoms with van der Waals surface area (Å²) in [6.45, 7) is 5.86. The van der Waals surface area contributed by atoms with Crippen molar-refractivity contribution >= 4 is 139 Å². The molecule has 0 N–H and O–H groups in total. The number of rotatable bonds is 2. The summed E-state index contributed by atoms with van der Waals surface area (Å²) in [5, 5.41) is 0. The zero-order chi connectivity index (χ0) is 19.5. The summed E-state index contributed by atoms with van der Waals surface area (Å²) in [4.78, 5) is 0. The quantitative estimate of drug-likeness (QED) is 0.291. The molecular formula is C11H12Cl12. The maximum Gasteiger partial charge on any atom is 0.200 e. The highest BCUT2D eigenvalue weighted by molar-refractivity contribution is 6.74. The van der Waals surface area contributed by atoms with E-state index >= 15 is 0 Å². The Morgan fingerprint density at radius 1 is 0.348 bits per heavy atom. The van der Waals surface area contributed by atoms with Crippen LogP contribution < -0.4 is 0 Å². The van der Waals surface area contributed by atoms with Crippen molar-refractivity contribution < 1.29 is 0 Å². The SMILES string of the molecule is CC(C)(C(C)(C(Cl)(Cl)Cl)C(Cl)(Cl)Cl)C(C)(C(Cl)(Cl)Cl)C(Cl)(Cl)Cl. The van der Waals surface area contributed by atoms with Gasteiger partial charge in [-0.15, -0.1) is 0 Å². The largest absolute Gasteiger partial charge is 0.200 e. The summed E-state index contributed by atoms with van der Waals surface area (Å²) in [5.74, 6) is 0. The average molecular weight is 570 g/mol. The topological polar surface area (TPSA) is 0 Å². The van der Waals surface area contributed by atoms with E-state index in [9.17, 15) is 0 Å². The molecule has 0 aliphatic heterocycles. The third-order valence-corrected chi connectivity index (χ3v) is 9.30. The molecule has 0 aliphatic rings. The van der Waals surface area contributed by atoms with Crippen molar-refractivity contribution in [3.8, 4) is 0 Å². The highest BCUT2D eigenvalue weighted by atomic mass is 35.6. The molecule has 0 aliphatic carbocycles. The van der Waals surface area contributed by atoms with Crippen LogP contribution in [0.1, 0.15) is 27.7 Å². The highest BCUT2D eigenvalue weighted by Crippen LogP contribution is 2.76. The maximum absolute atomic E-state index is 6.13. The lowest BCUT2D eigenvalue weighted by molar-refractivity contribution is -0.0346. The van der Waals surface area contributed by atoms with Crippen LogP contribution in [0.25, 0.3) is 0 Å². The van der Waals surface area contributed by atoms with E-state index in [-0.39, 0.29) is 0 Å². The smallest absolute Gasteiger partial charge is 0.0829 e. The zero-order valence-corrected chi connectivity index (χ0v) is 21.1. The molecule has 0 aromatic heterocycles. The van der Waals surface area contributed by atoms with Crippen molar-refractivity contribution in [2.24, 2.45) is 16.2 Å². The van der Waals surface area contributed by atoms with Crippen LogP contribution in [0.2, 0.25) is 0 Å². The standard InChI is InChI=1S/C11H12Cl12/c1-5(2,6(3,8(12,13)14)9(15,16)17)7(4,10(18,19)20)11(21,22)23/h1-4H3. The van der Waals surface area contributed by atoms with Crippen molar-refractivity contribution in [3.63, 3.8) is 0 Å². The number of hydrogen-bond acceptors (Lipinski definition) is 0. The van der Waals surface area contributed by atoms with E-state index in [1.165, 1.54) is 27.7 Å². The predicted octanol–water partition coefficient (Wildman–Crippen LogP) is 9.51.